The van der Waals surface area contributed by atoms with Crippen molar-refractivity contribution < 1.29 is 9.90 Å². The maximum absolute atomic E-state index is 11.7. The van der Waals surface area contributed by atoms with Gasteiger partial charge in [0.25, 0.3) is 5.91 Å². The van der Waals surface area contributed by atoms with Crippen LogP contribution in [-0.4, -0.2) is 24.3 Å². The van der Waals surface area contributed by atoms with Crippen molar-refractivity contribution in [2.75, 3.05) is 12.4 Å². The summed E-state index contributed by atoms with van der Waals surface area (Å²) in [6, 6.07) is 4.70. The zero-order valence-electron chi connectivity index (χ0n) is 9.12. The van der Waals surface area contributed by atoms with Gasteiger partial charge < -0.3 is 21.1 Å². The quantitative estimate of drug-likeness (QED) is 0.389. The van der Waals surface area contributed by atoms with E-state index in [0.717, 1.165) is 10.7 Å². The second kappa shape index (κ2) is 6.05. The maximum atomic E-state index is 11.7. The number of aromatic hydroxyl groups is 1. The first-order valence-corrected chi connectivity index (χ1v) is 5.55. The molecular formula is C11H12BrN3O2. The van der Waals surface area contributed by atoms with Crippen molar-refractivity contribution in [1.82, 2.24) is 5.32 Å². The summed E-state index contributed by atoms with van der Waals surface area (Å²) in [7, 11) is 1.63. The Bertz CT molecular complexity index is 472. The first-order chi connectivity index (χ1) is 8.08. The Balaban J connectivity index is 2.91. The van der Waals surface area contributed by atoms with Crippen molar-refractivity contribution in [2.45, 2.75) is 0 Å². The molecule has 0 aromatic heterocycles. The highest BCUT2D eigenvalue weighted by molar-refractivity contribution is 9.10. The van der Waals surface area contributed by atoms with Gasteiger partial charge in [0.05, 0.1) is 11.3 Å². The number of benzene rings is 1. The first kappa shape index (κ1) is 13.2. The van der Waals surface area contributed by atoms with Gasteiger partial charge in [0.1, 0.15) is 5.75 Å². The highest BCUT2D eigenvalue weighted by atomic mass is 79.9. The maximum Gasteiger partial charge on any atom is 0.258 e. The van der Waals surface area contributed by atoms with Crippen LogP contribution in [0.25, 0.3) is 0 Å². The van der Waals surface area contributed by atoms with Gasteiger partial charge in [-0.2, -0.15) is 0 Å². The van der Waals surface area contributed by atoms with Gasteiger partial charge in [-0.1, -0.05) is 15.9 Å². The summed E-state index contributed by atoms with van der Waals surface area (Å²) >= 11 is 3.24. The lowest BCUT2D eigenvalue weighted by Gasteiger charge is -2.07. The number of anilines is 1. The molecule has 90 valence electrons. The molecule has 0 fully saturated rings. The number of amides is 1. The Hall–Kier alpha value is -1.82. The van der Waals surface area contributed by atoms with E-state index >= 15 is 0 Å². The highest BCUT2D eigenvalue weighted by Gasteiger charge is 2.10. The molecule has 1 amide bonds. The van der Waals surface area contributed by atoms with Gasteiger partial charge in [-0.15, -0.1) is 0 Å². The number of nitrogens with one attached hydrogen (secondary N) is 3. The molecule has 0 aliphatic heterocycles. The van der Waals surface area contributed by atoms with Crippen LogP contribution in [0.3, 0.4) is 0 Å². The number of carbonyl (C=O) groups excluding carboxylic acids is 1. The number of halogens is 1. The van der Waals surface area contributed by atoms with E-state index in [1.807, 2.05) is 0 Å². The van der Waals surface area contributed by atoms with Crippen LogP contribution in [-0.2, 0) is 4.79 Å². The molecule has 0 radical (unpaired) electrons. The van der Waals surface area contributed by atoms with E-state index in [2.05, 4.69) is 26.6 Å². The van der Waals surface area contributed by atoms with Crippen molar-refractivity contribution in [3.63, 3.8) is 0 Å². The molecule has 0 saturated carbocycles. The number of hydrogen-bond acceptors (Lipinski definition) is 4. The van der Waals surface area contributed by atoms with E-state index in [1.54, 1.807) is 19.2 Å². The normalized spacial score (nSPS) is 10.8. The number of phenols is 1. The fourth-order valence-electron chi connectivity index (χ4n) is 1.13. The topological polar surface area (TPSA) is 85.2 Å². The predicted octanol–water partition coefficient (Wildman–Crippen LogP) is 1.85. The minimum atomic E-state index is -0.470. The van der Waals surface area contributed by atoms with Crippen LogP contribution in [0.1, 0.15) is 0 Å². The van der Waals surface area contributed by atoms with E-state index < -0.39 is 5.91 Å². The van der Waals surface area contributed by atoms with Crippen LogP contribution in [0, 0.1) is 5.41 Å². The predicted molar refractivity (Wildman–Crippen MR) is 70.4 cm³/mol. The van der Waals surface area contributed by atoms with E-state index in [-0.39, 0.29) is 17.0 Å². The second-order valence-electron chi connectivity index (χ2n) is 3.15. The summed E-state index contributed by atoms with van der Waals surface area (Å²) in [4.78, 5) is 11.7. The van der Waals surface area contributed by atoms with Gasteiger partial charge in [0, 0.05) is 23.9 Å². The van der Waals surface area contributed by atoms with Gasteiger partial charge in [-0.25, -0.2) is 0 Å². The molecule has 1 rings (SSSR count). The molecule has 0 unspecified atom stereocenters. The molecule has 0 saturated heterocycles. The molecule has 1 aromatic rings. The second-order valence-corrected chi connectivity index (χ2v) is 4.06. The zero-order chi connectivity index (χ0) is 12.8. The summed E-state index contributed by atoms with van der Waals surface area (Å²) in [5, 5.41) is 21.8. The molecule has 4 N–H and O–H groups in total. The van der Waals surface area contributed by atoms with Crippen LogP contribution in [0.5, 0.6) is 5.75 Å². The molecule has 0 heterocycles. The summed E-state index contributed by atoms with van der Waals surface area (Å²) in [5.41, 5.74) is 0.445. The van der Waals surface area contributed by atoms with Crippen LogP contribution in [0.4, 0.5) is 5.69 Å². The van der Waals surface area contributed by atoms with E-state index in [9.17, 15) is 9.90 Å². The minimum Gasteiger partial charge on any atom is -0.506 e. The summed E-state index contributed by atoms with van der Waals surface area (Å²) in [6.07, 6.45) is 2.33. The molecule has 6 heteroatoms. The van der Waals surface area contributed by atoms with Crippen LogP contribution >= 0.6 is 15.9 Å². The van der Waals surface area contributed by atoms with Crippen LogP contribution < -0.4 is 10.6 Å². The number of carbonyl (C=O) groups is 1. The summed E-state index contributed by atoms with van der Waals surface area (Å²) in [5.74, 6) is -0.502. The van der Waals surface area contributed by atoms with Gasteiger partial charge in [-0.05, 0) is 18.2 Å². The monoisotopic (exact) mass is 297 g/mol. The van der Waals surface area contributed by atoms with Gasteiger partial charge in [0.15, 0.2) is 0 Å². The fourth-order valence-corrected chi connectivity index (χ4v) is 1.49. The molecule has 0 aliphatic rings. The molecular weight excluding hydrogens is 286 g/mol. The van der Waals surface area contributed by atoms with Crippen molar-refractivity contribution >= 4 is 33.7 Å². The largest absolute Gasteiger partial charge is 0.506 e. The molecule has 0 spiro atoms. The third-order valence-corrected chi connectivity index (χ3v) is 2.42. The van der Waals surface area contributed by atoms with Gasteiger partial charge in [0.2, 0.25) is 0 Å². The van der Waals surface area contributed by atoms with Gasteiger partial charge in [-0.3, -0.25) is 4.79 Å². The molecule has 1 aromatic carbocycles. The van der Waals surface area contributed by atoms with E-state index in [4.69, 9.17) is 5.41 Å². The summed E-state index contributed by atoms with van der Waals surface area (Å²) < 4.78 is 0.736. The zero-order valence-corrected chi connectivity index (χ0v) is 10.7. The summed E-state index contributed by atoms with van der Waals surface area (Å²) in [6.45, 7) is 0. The average Bonchev–Trinajstić information content (AvgIpc) is 2.30. The lowest BCUT2D eigenvalue weighted by molar-refractivity contribution is -0.112. The Kier molecular flexibility index (Phi) is 4.71. The fraction of sp³-hybridized carbons (Fsp3) is 0.0909. The third-order valence-electron chi connectivity index (χ3n) is 1.92. The smallest absolute Gasteiger partial charge is 0.258 e. The Morgan fingerprint density at radius 2 is 2.24 bits per heavy atom. The number of rotatable bonds is 4. The first-order valence-electron chi connectivity index (χ1n) is 4.76. The standard InChI is InChI=1S/C11H12BrN3O2/c1-14-6-7(5-13)11(17)15-9-4-8(12)2-3-10(9)16/h2-6,13-14,16H,1H3,(H,15,17)/b7-6+,13-5?. The lowest BCUT2D eigenvalue weighted by Crippen LogP contribution is -2.17. The van der Waals surface area contributed by atoms with Gasteiger partial charge >= 0.3 is 0 Å². The molecule has 17 heavy (non-hydrogen) atoms. The molecule has 5 nitrogen and oxygen atoms in total. The van der Waals surface area contributed by atoms with Crippen molar-refractivity contribution in [3.8, 4) is 5.75 Å². The van der Waals surface area contributed by atoms with Crippen molar-refractivity contribution in [3.05, 3.63) is 34.4 Å². The SMILES string of the molecule is CN/C=C(\C=N)C(=O)Nc1cc(Br)ccc1O. The van der Waals surface area contributed by atoms with E-state index in [0.29, 0.717) is 0 Å². The average molecular weight is 298 g/mol. The Morgan fingerprint density at radius 3 is 2.82 bits per heavy atom. The highest BCUT2D eigenvalue weighted by Crippen LogP contribution is 2.26. The number of phenolic OH excluding ortho intramolecular Hbond substituents is 1. The molecule has 0 bridgehead atoms. The van der Waals surface area contributed by atoms with Crippen LogP contribution in [0.2, 0.25) is 0 Å². The Labute approximate surface area is 107 Å². The van der Waals surface area contributed by atoms with Crippen molar-refractivity contribution in [1.29, 1.82) is 5.41 Å². The third kappa shape index (κ3) is 3.60. The van der Waals surface area contributed by atoms with E-state index in [1.165, 1.54) is 12.3 Å². The van der Waals surface area contributed by atoms with Crippen LogP contribution in [0.15, 0.2) is 34.4 Å². The Morgan fingerprint density at radius 1 is 1.53 bits per heavy atom. The van der Waals surface area contributed by atoms with Crippen molar-refractivity contribution in [2.24, 2.45) is 0 Å². The molecule has 0 atom stereocenters. The number of hydrogen-bond donors (Lipinski definition) is 4. The lowest BCUT2D eigenvalue weighted by atomic mass is 10.2. The molecule has 0 aliphatic carbocycles. The minimum absolute atomic E-state index is 0.0321.